The number of aliphatic hydroxyl groups excluding tert-OH is 1. The summed E-state index contributed by atoms with van der Waals surface area (Å²) in [5, 5.41) is 12.3. The molecule has 0 unspecified atom stereocenters. The minimum absolute atomic E-state index is 0.00502. The molecule has 0 heterocycles. The highest BCUT2D eigenvalue weighted by Gasteiger charge is 2.29. The molecular formula is C12H28N2O. The molecule has 0 spiro atoms. The number of nitrogens with two attached hydrogens (primary N) is 1. The molecule has 3 nitrogen and oxygen atoms in total. The van der Waals surface area contributed by atoms with E-state index in [-0.39, 0.29) is 12.1 Å². The van der Waals surface area contributed by atoms with Crippen molar-refractivity contribution in [2.24, 2.45) is 17.6 Å². The van der Waals surface area contributed by atoms with Crippen LogP contribution in [-0.4, -0.2) is 30.3 Å². The van der Waals surface area contributed by atoms with Crippen molar-refractivity contribution in [2.75, 3.05) is 19.7 Å². The molecule has 92 valence electrons. The predicted molar refractivity (Wildman–Crippen MR) is 65.8 cm³/mol. The average molecular weight is 216 g/mol. The highest BCUT2D eigenvalue weighted by molar-refractivity contribution is 4.90. The summed E-state index contributed by atoms with van der Waals surface area (Å²) in [6.45, 7) is 10.3. The van der Waals surface area contributed by atoms with E-state index in [4.69, 9.17) is 10.8 Å². The van der Waals surface area contributed by atoms with Crippen LogP contribution in [0.1, 0.15) is 40.5 Å². The van der Waals surface area contributed by atoms with Crippen molar-refractivity contribution in [2.45, 2.75) is 46.1 Å². The highest BCUT2D eigenvalue weighted by Crippen LogP contribution is 2.23. The van der Waals surface area contributed by atoms with E-state index in [0.717, 1.165) is 12.8 Å². The number of hydrogen-bond donors (Lipinski definition) is 3. The Morgan fingerprint density at radius 1 is 1.13 bits per heavy atom. The van der Waals surface area contributed by atoms with Gasteiger partial charge in [-0.05, 0) is 24.7 Å². The van der Waals surface area contributed by atoms with Crippen molar-refractivity contribution in [3.05, 3.63) is 0 Å². The molecule has 0 radical (unpaired) electrons. The van der Waals surface area contributed by atoms with Crippen LogP contribution in [0.3, 0.4) is 0 Å². The van der Waals surface area contributed by atoms with Crippen LogP contribution in [0.25, 0.3) is 0 Å². The number of aliphatic hydroxyl groups is 1. The molecule has 0 rings (SSSR count). The fourth-order valence-corrected chi connectivity index (χ4v) is 2.35. The van der Waals surface area contributed by atoms with E-state index in [0.29, 0.717) is 24.9 Å². The lowest BCUT2D eigenvalue weighted by molar-refractivity contribution is 0.203. The van der Waals surface area contributed by atoms with Crippen LogP contribution >= 0.6 is 0 Å². The summed E-state index contributed by atoms with van der Waals surface area (Å²) in [5.74, 6) is 1.25. The van der Waals surface area contributed by atoms with E-state index in [9.17, 15) is 0 Å². The normalized spacial score (nSPS) is 12.8. The predicted octanol–water partition coefficient (Wildman–Crippen LogP) is 1.36. The van der Waals surface area contributed by atoms with Gasteiger partial charge in [0.15, 0.2) is 0 Å². The first-order valence-electron chi connectivity index (χ1n) is 6.01. The van der Waals surface area contributed by atoms with E-state index in [2.05, 4.69) is 33.0 Å². The zero-order valence-corrected chi connectivity index (χ0v) is 10.7. The molecule has 0 amide bonds. The Labute approximate surface area is 94.4 Å². The molecule has 0 aliphatic heterocycles. The first-order chi connectivity index (χ1) is 6.95. The fourth-order valence-electron chi connectivity index (χ4n) is 2.35. The Hall–Kier alpha value is -0.120. The first kappa shape index (κ1) is 14.9. The van der Waals surface area contributed by atoms with Gasteiger partial charge in [-0.3, -0.25) is 0 Å². The maximum atomic E-state index is 8.89. The van der Waals surface area contributed by atoms with Gasteiger partial charge in [-0.25, -0.2) is 0 Å². The average Bonchev–Trinajstić information content (AvgIpc) is 2.12. The molecule has 0 bridgehead atoms. The van der Waals surface area contributed by atoms with Gasteiger partial charge in [0.2, 0.25) is 0 Å². The smallest absolute Gasteiger partial charge is 0.0556 e. The molecule has 0 atom stereocenters. The summed E-state index contributed by atoms with van der Waals surface area (Å²) >= 11 is 0. The van der Waals surface area contributed by atoms with Crippen molar-refractivity contribution in [3.8, 4) is 0 Å². The van der Waals surface area contributed by atoms with Gasteiger partial charge in [0.1, 0.15) is 0 Å². The lowest BCUT2D eigenvalue weighted by Gasteiger charge is -2.37. The summed E-state index contributed by atoms with van der Waals surface area (Å²) < 4.78 is 0. The van der Waals surface area contributed by atoms with Crippen LogP contribution in [0.4, 0.5) is 0 Å². The van der Waals surface area contributed by atoms with E-state index in [1.54, 1.807) is 0 Å². The maximum absolute atomic E-state index is 8.89. The lowest BCUT2D eigenvalue weighted by atomic mass is 9.82. The Morgan fingerprint density at radius 3 is 1.87 bits per heavy atom. The summed E-state index contributed by atoms with van der Waals surface area (Å²) in [5.41, 5.74) is 5.91. The Kier molecular flexibility index (Phi) is 7.14. The van der Waals surface area contributed by atoms with Gasteiger partial charge in [-0.15, -0.1) is 0 Å². The summed E-state index contributed by atoms with van der Waals surface area (Å²) in [6.07, 6.45) is 2.14. The van der Waals surface area contributed by atoms with Crippen molar-refractivity contribution in [1.82, 2.24) is 5.32 Å². The molecule has 0 fully saturated rings. The van der Waals surface area contributed by atoms with Gasteiger partial charge >= 0.3 is 0 Å². The summed E-state index contributed by atoms with van der Waals surface area (Å²) in [6, 6.07) is 0. The second-order valence-corrected chi connectivity index (χ2v) is 5.33. The van der Waals surface area contributed by atoms with Crippen LogP contribution in [-0.2, 0) is 0 Å². The van der Waals surface area contributed by atoms with E-state index < -0.39 is 0 Å². The Bertz CT molecular complexity index is 148. The van der Waals surface area contributed by atoms with Gasteiger partial charge < -0.3 is 16.2 Å². The number of hydrogen-bond acceptors (Lipinski definition) is 3. The van der Waals surface area contributed by atoms with E-state index >= 15 is 0 Å². The third-order valence-corrected chi connectivity index (χ3v) is 2.60. The minimum Gasteiger partial charge on any atom is -0.395 e. The largest absolute Gasteiger partial charge is 0.395 e. The molecule has 0 saturated carbocycles. The summed E-state index contributed by atoms with van der Waals surface area (Å²) in [4.78, 5) is 0. The topological polar surface area (TPSA) is 58.3 Å². The molecule has 3 heteroatoms. The van der Waals surface area contributed by atoms with Gasteiger partial charge in [0, 0.05) is 18.6 Å². The molecule has 0 aromatic heterocycles. The molecule has 0 aromatic rings. The van der Waals surface area contributed by atoms with Gasteiger partial charge in [-0.2, -0.15) is 0 Å². The lowest BCUT2D eigenvalue weighted by Crippen LogP contribution is -2.53. The number of β-amino-alcohol motifs (C(OH)–C–C–N with tert-alkyl or cyclic N) is 1. The van der Waals surface area contributed by atoms with Crippen LogP contribution < -0.4 is 11.1 Å². The SMILES string of the molecule is CC(C)CC(CN)(CC(C)C)NCCO. The van der Waals surface area contributed by atoms with Crippen LogP contribution in [0.2, 0.25) is 0 Å². The second-order valence-electron chi connectivity index (χ2n) is 5.33. The first-order valence-corrected chi connectivity index (χ1v) is 6.01. The van der Waals surface area contributed by atoms with E-state index in [1.807, 2.05) is 0 Å². The third kappa shape index (κ3) is 6.13. The quantitative estimate of drug-likeness (QED) is 0.574. The number of rotatable bonds is 8. The number of nitrogens with one attached hydrogen (secondary N) is 1. The second kappa shape index (κ2) is 7.20. The van der Waals surface area contributed by atoms with Crippen molar-refractivity contribution < 1.29 is 5.11 Å². The van der Waals surface area contributed by atoms with Crippen LogP contribution in [0.15, 0.2) is 0 Å². The molecule has 0 aliphatic carbocycles. The zero-order chi connectivity index (χ0) is 11.9. The molecule has 4 N–H and O–H groups in total. The Balaban J connectivity index is 4.44. The molecule has 0 aliphatic rings. The van der Waals surface area contributed by atoms with Crippen LogP contribution in [0, 0.1) is 11.8 Å². The van der Waals surface area contributed by atoms with Crippen molar-refractivity contribution in [1.29, 1.82) is 0 Å². The van der Waals surface area contributed by atoms with Gasteiger partial charge in [0.25, 0.3) is 0 Å². The third-order valence-electron chi connectivity index (χ3n) is 2.60. The van der Waals surface area contributed by atoms with Crippen LogP contribution in [0.5, 0.6) is 0 Å². The highest BCUT2D eigenvalue weighted by atomic mass is 16.3. The van der Waals surface area contributed by atoms with Gasteiger partial charge in [-0.1, -0.05) is 27.7 Å². The standard InChI is InChI=1S/C12H28N2O/c1-10(2)7-12(9-13,8-11(3)4)14-5-6-15/h10-11,14-15H,5-9,13H2,1-4H3. The van der Waals surface area contributed by atoms with Gasteiger partial charge in [0.05, 0.1) is 6.61 Å². The monoisotopic (exact) mass is 216 g/mol. The zero-order valence-electron chi connectivity index (χ0n) is 10.7. The molecule has 0 aromatic carbocycles. The minimum atomic E-state index is 0.00502. The molecule has 0 saturated heterocycles. The maximum Gasteiger partial charge on any atom is 0.0556 e. The fraction of sp³-hybridized carbons (Fsp3) is 1.00. The van der Waals surface area contributed by atoms with Crippen molar-refractivity contribution >= 4 is 0 Å². The molecular weight excluding hydrogens is 188 g/mol. The molecule has 15 heavy (non-hydrogen) atoms. The van der Waals surface area contributed by atoms with Crippen molar-refractivity contribution in [3.63, 3.8) is 0 Å². The summed E-state index contributed by atoms with van der Waals surface area (Å²) in [7, 11) is 0. The van der Waals surface area contributed by atoms with E-state index in [1.165, 1.54) is 0 Å². The Morgan fingerprint density at radius 2 is 1.60 bits per heavy atom.